The van der Waals surface area contributed by atoms with Gasteiger partial charge < -0.3 is 0 Å². The number of hydrogen-bond donors (Lipinski definition) is 0. The fourth-order valence-corrected chi connectivity index (χ4v) is 11.7. The highest BCUT2D eigenvalue weighted by Crippen LogP contribution is 2.54. The minimum Gasteiger partial charge on any atom is -0.258 e. The Balaban J connectivity index is 0.000000341. The number of unbranched alkanes of at least 4 members (excludes halogenated alkanes) is 30. The average molecular weight is 997 g/mol. The Labute approximate surface area is 455 Å². The van der Waals surface area contributed by atoms with Gasteiger partial charge in [0.2, 0.25) is 0 Å². The molecule has 0 amide bonds. The monoisotopic (exact) mass is 996 g/mol. The second kappa shape index (κ2) is 40.1. The highest BCUT2D eigenvalue weighted by Gasteiger charge is 2.42. The van der Waals surface area contributed by atoms with E-state index in [0.717, 1.165) is 12.1 Å². The molecule has 0 radical (unpaired) electrons. The molecular weight excluding hydrogens is 879 g/mol. The molecule has 0 saturated carbocycles. The van der Waals surface area contributed by atoms with Gasteiger partial charge in [0.25, 0.3) is 0 Å². The highest BCUT2D eigenvalue weighted by molar-refractivity contribution is 5.81. The van der Waals surface area contributed by atoms with Crippen LogP contribution in [0.2, 0.25) is 0 Å². The van der Waals surface area contributed by atoms with Crippen LogP contribution in [0.25, 0.3) is 11.1 Å². The van der Waals surface area contributed by atoms with E-state index in [2.05, 4.69) is 141 Å². The summed E-state index contributed by atoms with van der Waals surface area (Å²) in [4.78, 5) is 4.57. The summed E-state index contributed by atoms with van der Waals surface area (Å²) in [5.74, 6) is 0. The Morgan fingerprint density at radius 3 is 1.07 bits per heavy atom. The molecule has 0 saturated heterocycles. The van der Waals surface area contributed by atoms with Crippen LogP contribution in [-0.2, 0) is 18.3 Å². The topological polar surface area (TPSA) is 12.9 Å². The number of fused-ring (bicyclic) bond motifs is 3. The number of rotatable bonds is 38. The number of aromatic nitrogens is 1. The van der Waals surface area contributed by atoms with Crippen LogP contribution in [0.1, 0.15) is 315 Å². The quantitative estimate of drug-likeness (QED) is 0.0408. The molecule has 0 aliphatic heterocycles. The van der Waals surface area contributed by atoms with Crippen LogP contribution < -0.4 is 0 Å². The molecule has 1 heteroatoms. The first-order valence-corrected chi connectivity index (χ1v) is 31.8. The maximum Gasteiger partial charge on any atom is 0.0435 e. The van der Waals surface area contributed by atoms with Gasteiger partial charge in [0, 0.05) is 16.8 Å². The lowest BCUT2D eigenvalue weighted by Crippen LogP contribution is -2.25. The van der Waals surface area contributed by atoms with E-state index in [1.165, 1.54) is 282 Å². The molecule has 3 aromatic carbocycles. The minimum absolute atomic E-state index is 0.225. The molecule has 1 aliphatic carbocycles. The fraction of sp³-hybridized carbons (Fsp3) is 0.681. The molecular formula is C72H117N. The summed E-state index contributed by atoms with van der Waals surface area (Å²) in [6, 6.07) is 25.7. The van der Waals surface area contributed by atoms with Gasteiger partial charge in [0.15, 0.2) is 0 Å². The van der Waals surface area contributed by atoms with E-state index in [-0.39, 0.29) is 5.41 Å². The number of pyridine rings is 1. The lowest BCUT2D eigenvalue weighted by molar-refractivity contribution is 0.396. The summed E-state index contributed by atoms with van der Waals surface area (Å²) in [6.45, 7) is 22.4. The van der Waals surface area contributed by atoms with Gasteiger partial charge in [-0.05, 0) is 125 Å². The molecule has 4 aromatic rings. The third kappa shape index (κ3) is 25.9. The molecule has 1 nitrogen and oxygen atoms in total. The van der Waals surface area contributed by atoms with Gasteiger partial charge in [-0.1, -0.05) is 311 Å². The molecule has 1 aliphatic rings. The predicted molar refractivity (Wildman–Crippen MR) is 328 cm³/mol. The zero-order chi connectivity index (χ0) is 52.8. The largest absolute Gasteiger partial charge is 0.258 e. The molecule has 1 aromatic heterocycles. The van der Waals surface area contributed by atoms with Crippen molar-refractivity contribution < 1.29 is 0 Å². The van der Waals surface area contributed by atoms with Crippen molar-refractivity contribution in [3.63, 3.8) is 0 Å². The molecule has 1 heterocycles. The first kappa shape index (κ1) is 64.1. The van der Waals surface area contributed by atoms with Crippen molar-refractivity contribution in [1.82, 2.24) is 4.98 Å². The minimum atomic E-state index is 0.225. The van der Waals surface area contributed by atoms with E-state index < -0.39 is 0 Å². The lowest BCUT2D eigenvalue weighted by atomic mass is 9.70. The average Bonchev–Trinajstić information content (AvgIpc) is 3.64. The summed E-state index contributed by atoms with van der Waals surface area (Å²) >= 11 is 0. The molecule has 73 heavy (non-hydrogen) atoms. The molecule has 0 spiro atoms. The number of nitrogens with zero attached hydrogens (tertiary/aromatic N) is 1. The van der Waals surface area contributed by atoms with E-state index in [1.807, 2.05) is 0 Å². The van der Waals surface area contributed by atoms with Gasteiger partial charge in [-0.25, -0.2) is 0 Å². The van der Waals surface area contributed by atoms with Gasteiger partial charge in [-0.2, -0.15) is 0 Å². The summed E-state index contributed by atoms with van der Waals surface area (Å²) in [6.07, 6.45) is 52.9. The smallest absolute Gasteiger partial charge is 0.0435 e. The second-order valence-electron chi connectivity index (χ2n) is 23.4. The molecule has 0 unspecified atom stereocenters. The van der Waals surface area contributed by atoms with Gasteiger partial charge in [0.05, 0.1) is 0 Å². The van der Waals surface area contributed by atoms with Crippen molar-refractivity contribution in [3.05, 3.63) is 123 Å². The van der Waals surface area contributed by atoms with Crippen molar-refractivity contribution in [2.24, 2.45) is 0 Å². The third-order valence-corrected chi connectivity index (χ3v) is 16.5. The van der Waals surface area contributed by atoms with Gasteiger partial charge in [0.1, 0.15) is 0 Å². The van der Waals surface area contributed by atoms with Crippen LogP contribution >= 0.6 is 0 Å². The van der Waals surface area contributed by atoms with E-state index in [1.54, 1.807) is 16.7 Å². The van der Waals surface area contributed by atoms with E-state index in [9.17, 15) is 0 Å². The normalized spacial score (nSPS) is 12.2. The number of hydrogen-bond acceptors (Lipinski definition) is 1. The maximum absolute atomic E-state index is 4.57. The van der Waals surface area contributed by atoms with Crippen molar-refractivity contribution in [2.75, 3.05) is 0 Å². The van der Waals surface area contributed by atoms with E-state index in [0.29, 0.717) is 0 Å². The van der Waals surface area contributed by atoms with Crippen LogP contribution in [0.5, 0.6) is 0 Å². The molecule has 0 atom stereocenters. The zero-order valence-corrected chi connectivity index (χ0v) is 50.2. The lowest BCUT2D eigenvalue weighted by Gasteiger charge is -2.33. The van der Waals surface area contributed by atoms with Crippen molar-refractivity contribution in [1.29, 1.82) is 0 Å². The Kier molecular flexibility index (Phi) is 35.2. The summed E-state index contributed by atoms with van der Waals surface area (Å²) in [7, 11) is 0. The summed E-state index contributed by atoms with van der Waals surface area (Å²) < 4.78 is 0. The highest BCUT2D eigenvalue weighted by atomic mass is 14.7. The van der Waals surface area contributed by atoms with Crippen LogP contribution in [-0.4, -0.2) is 4.98 Å². The van der Waals surface area contributed by atoms with Crippen LogP contribution in [0.3, 0.4) is 0 Å². The van der Waals surface area contributed by atoms with Crippen LogP contribution in [0, 0.1) is 41.5 Å². The number of aryl methyl sites for hydroxylation is 8. The number of benzene rings is 3. The van der Waals surface area contributed by atoms with E-state index in [4.69, 9.17) is 0 Å². The van der Waals surface area contributed by atoms with Gasteiger partial charge >= 0.3 is 0 Å². The predicted octanol–water partition coefficient (Wildman–Crippen LogP) is 23.8. The Morgan fingerprint density at radius 2 is 0.644 bits per heavy atom. The Hall–Kier alpha value is -3.19. The van der Waals surface area contributed by atoms with Crippen molar-refractivity contribution >= 4 is 0 Å². The SMILES string of the molecule is CCCCCCCCCCCCC1(CCCCCCCCCCCC)c2cc(C)ccc2-c2ccc(C)cc21.CCCCCCCCCCCCc1cc(C)ccc1C.CCCCCCc1nc(C)ccc1C. The summed E-state index contributed by atoms with van der Waals surface area (Å²) in [5.41, 5.74) is 17.6. The second-order valence-corrected chi connectivity index (χ2v) is 23.4. The van der Waals surface area contributed by atoms with E-state index >= 15 is 0 Å². The van der Waals surface area contributed by atoms with Crippen LogP contribution in [0.15, 0.2) is 66.7 Å². The van der Waals surface area contributed by atoms with Crippen molar-refractivity contribution in [2.45, 2.75) is 319 Å². The molecule has 5 rings (SSSR count). The Bertz CT molecular complexity index is 1900. The maximum atomic E-state index is 4.57. The molecule has 0 bridgehead atoms. The molecule has 0 N–H and O–H groups in total. The van der Waals surface area contributed by atoms with Gasteiger partial charge in [-0.3, -0.25) is 4.98 Å². The Morgan fingerprint density at radius 1 is 0.315 bits per heavy atom. The standard InChI is InChI=1S/C39H62.C20H34.C13H21N/c1-5-7-9-11-13-15-17-19-21-23-29-39(30-24-22-20-18-16-14-12-10-8-6-2)37-31-33(3)25-27-35(37)36-28-26-34(4)32-38(36)39;1-4-5-6-7-8-9-10-11-12-13-14-20-17-18(2)15-16-19(20)3;1-4-5-6-7-8-13-11(2)9-10-12(3)14-13/h25-28,31-32H,5-24,29-30H2,1-4H3;15-17H,4-14H2,1-3H3;9-10H,4-8H2,1-3H3. The van der Waals surface area contributed by atoms with Gasteiger partial charge in [-0.15, -0.1) is 0 Å². The fourth-order valence-electron chi connectivity index (χ4n) is 11.7. The molecule has 410 valence electrons. The first-order valence-electron chi connectivity index (χ1n) is 31.8. The third-order valence-electron chi connectivity index (χ3n) is 16.5. The van der Waals surface area contributed by atoms with Crippen molar-refractivity contribution in [3.8, 4) is 11.1 Å². The summed E-state index contributed by atoms with van der Waals surface area (Å²) in [5, 5.41) is 0. The van der Waals surface area contributed by atoms with Crippen LogP contribution in [0.4, 0.5) is 0 Å². The first-order chi connectivity index (χ1) is 35.6. The molecule has 0 fully saturated rings. The zero-order valence-electron chi connectivity index (χ0n) is 50.2.